The Hall–Kier alpha value is -0.250. The van der Waals surface area contributed by atoms with E-state index in [0.717, 1.165) is 0 Å². The minimum absolute atomic E-state index is 0.0856. The van der Waals surface area contributed by atoms with Crippen LogP contribution < -0.4 is 5.73 Å². The van der Waals surface area contributed by atoms with Crippen molar-refractivity contribution in [1.29, 1.82) is 0 Å². The molecule has 60 valence electrons. The number of hydrogen-bond acceptors (Lipinski definition) is 3. The van der Waals surface area contributed by atoms with E-state index in [-0.39, 0.29) is 11.6 Å². The van der Waals surface area contributed by atoms with Crippen LogP contribution in [-0.4, -0.2) is 9.97 Å². The van der Waals surface area contributed by atoms with Gasteiger partial charge in [0.25, 0.3) is 0 Å². The van der Waals surface area contributed by atoms with Gasteiger partial charge in [-0.05, 0) is 6.07 Å². The molecule has 1 heterocycles. The number of nitrogens with zero attached hydrogens (tertiary/aromatic N) is 2. The summed E-state index contributed by atoms with van der Waals surface area (Å²) in [5, 5.41) is 0. The maximum Gasteiger partial charge on any atom is 0.250 e. The van der Waals surface area contributed by atoms with Gasteiger partial charge < -0.3 is 5.73 Å². The van der Waals surface area contributed by atoms with Crippen LogP contribution in [-0.2, 0) is 3.79 Å². The summed E-state index contributed by atoms with van der Waals surface area (Å²) < 4.78 is -1.60. The van der Waals surface area contributed by atoms with E-state index in [9.17, 15) is 0 Å². The first-order valence-electron chi connectivity index (χ1n) is 2.66. The SMILES string of the molecule is Nc1ccnc(C(Cl)(Cl)Cl)n1. The van der Waals surface area contributed by atoms with Crippen LogP contribution in [0.5, 0.6) is 0 Å². The molecule has 0 spiro atoms. The molecule has 0 aromatic carbocycles. The predicted octanol–water partition coefficient (Wildman–Crippen LogP) is 1.89. The molecule has 2 N–H and O–H groups in total. The second-order valence-corrected chi connectivity index (χ2v) is 4.08. The summed E-state index contributed by atoms with van der Waals surface area (Å²) in [5.41, 5.74) is 5.33. The van der Waals surface area contributed by atoms with Crippen LogP contribution >= 0.6 is 34.8 Å². The van der Waals surface area contributed by atoms with Crippen molar-refractivity contribution in [3.8, 4) is 0 Å². The topological polar surface area (TPSA) is 51.8 Å². The van der Waals surface area contributed by atoms with Gasteiger partial charge in [0.15, 0.2) is 5.82 Å². The molecular weight excluding hydrogens is 208 g/mol. The van der Waals surface area contributed by atoms with Crippen LogP contribution in [0.25, 0.3) is 0 Å². The van der Waals surface area contributed by atoms with Crippen molar-refractivity contribution >= 4 is 40.6 Å². The maximum atomic E-state index is 5.48. The molecule has 1 rings (SSSR count). The molecule has 0 saturated carbocycles. The van der Waals surface area contributed by atoms with Crippen molar-refractivity contribution in [2.45, 2.75) is 3.79 Å². The Labute approximate surface area is 78.5 Å². The highest BCUT2D eigenvalue weighted by Crippen LogP contribution is 2.35. The zero-order valence-corrected chi connectivity index (χ0v) is 7.53. The largest absolute Gasteiger partial charge is 0.384 e. The first-order chi connectivity index (χ1) is 5.00. The maximum absolute atomic E-state index is 5.48. The molecule has 6 heteroatoms. The van der Waals surface area contributed by atoms with Crippen molar-refractivity contribution in [2.24, 2.45) is 0 Å². The summed E-state index contributed by atoms with van der Waals surface area (Å²) in [6.45, 7) is 0. The van der Waals surface area contributed by atoms with E-state index in [4.69, 9.17) is 40.5 Å². The van der Waals surface area contributed by atoms with Gasteiger partial charge in [-0.25, -0.2) is 9.97 Å². The molecular formula is C5H4Cl3N3. The van der Waals surface area contributed by atoms with Gasteiger partial charge in [0.05, 0.1) is 0 Å². The van der Waals surface area contributed by atoms with Crippen LogP contribution in [0.1, 0.15) is 5.82 Å². The molecule has 3 nitrogen and oxygen atoms in total. The van der Waals surface area contributed by atoms with Gasteiger partial charge in [-0.3, -0.25) is 0 Å². The van der Waals surface area contributed by atoms with Gasteiger partial charge >= 0.3 is 0 Å². The number of nitrogen functional groups attached to an aromatic ring is 1. The lowest BCUT2D eigenvalue weighted by Gasteiger charge is -2.07. The van der Waals surface area contributed by atoms with Gasteiger partial charge in [0.2, 0.25) is 3.79 Å². The predicted molar refractivity (Wildman–Crippen MR) is 45.7 cm³/mol. The van der Waals surface area contributed by atoms with E-state index in [1.807, 2.05) is 0 Å². The Morgan fingerprint density at radius 3 is 2.36 bits per heavy atom. The highest BCUT2D eigenvalue weighted by Gasteiger charge is 2.26. The monoisotopic (exact) mass is 211 g/mol. The first kappa shape index (κ1) is 8.84. The molecule has 0 aliphatic carbocycles. The smallest absolute Gasteiger partial charge is 0.250 e. The van der Waals surface area contributed by atoms with Crippen molar-refractivity contribution in [1.82, 2.24) is 9.97 Å². The molecule has 0 aliphatic rings. The van der Waals surface area contributed by atoms with Crippen LogP contribution in [0.4, 0.5) is 5.82 Å². The van der Waals surface area contributed by atoms with Crippen LogP contribution in [0.2, 0.25) is 0 Å². The molecule has 0 aliphatic heterocycles. The number of nitrogens with two attached hydrogens (primary N) is 1. The third-order valence-electron chi connectivity index (χ3n) is 0.931. The lowest BCUT2D eigenvalue weighted by atomic mass is 10.5. The standard InChI is InChI=1S/C5H4Cl3N3/c6-5(7,8)4-10-2-1-3(9)11-4/h1-2H,(H2,9,10,11). The van der Waals surface area contributed by atoms with Gasteiger partial charge in [0, 0.05) is 6.20 Å². The number of hydrogen-bond donors (Lipinski definition) is 1. The highest BCUT2D eigenvalue weighted by molar-refractivity contribution is 6.66. The number of aromatic nitrogens is 2. The second-order valence-electron chi connectivity index (χ2n) is 1.80. The molecule has 0 atom stereocenters. The summed E-state index contributed by atoms with van der Waals surface area (Å²) in [7, 11) is 0. The van der Waals surface area contributed by atoms with Gasteiger partial charge in [-0.2, -0.15) is 0 Å². The Morgan fingerprint density at radius 1 is 1.36 bits per heavy atom. The van der Waals surface area contributed by atoms with E-state index >= 15 is 0 Å². The van der Waals surface area contributed by atoms with Gasteiger partial charge in [-0.15, -0.1) is 0 Å². The van der Waals surface area contributed by atoms with Crippen molar-refractivity contribution in [3.05, 3.63) is 18.1 Å². The average molecular weight is 212 g/mol. The molecule has 1 aromatic heterocycles. The summed E-state index contributed by atoms with van der Waals surface area (Å²) in [6, 6.07) is 1.51. The van der Waals surface area contributed by atoms with Crippen molar-refractivity contribution < 1.29 is 0 Å². The molecule has 0 unspecified atom stereocenters. The summed E-state index contributed by atoms with van der Waals surface area (Å²) in [5.74, 6) is 0.365. The van der Waals surface area contributed by atoms with Gasteiger partial charge in [0.1, 0.15) is 5.82 Å². The fourth-order valence-electron chi connectivity index (χ4n) is 0.509. The number of halogens is 3. The lowest BCUT2D eigenvalue weighted by Crippen LogP contribution is -2.08. The Balaban J connectivity index is 3.06. The number of rotatable bonds is 0. The van der Waals surface area contributed by atoms with E-state index in [2.05, 4.69) is 9.97 Å². The van der Waals surface area contributed by atoms with Crippen LogP contribution in [0.15, 0.2) is 12.3 Å². The van der Waals surface area contributed by atoms with Gasteiger partial charge in [-0.1, -0.05) is 34.8 Å². The molecule has 11 heavy (non-hydrogen) atoms. The Bertz CT molecular complexity index is 257. The zero-order valence-electron chi connectivity index (χ0n) is 5.26. The number of anilines is 1. The molecule has 0 fully saturated rings. The van der Waals surface area contributed by atoms with E-state index in [1.54, 1.807) is 0 Å². The number of alkyl halides is 3. The van der Waals surface area contributed by atoms with E-state index in [1.165, 1.54) is 12.3 Å². The zero-order chi connectivity index (χ0) is 8.48. The summed E-state index contributed by atoms with van der Waals surface area (Å²) >= 11 is 16.4. The average Bonchev–Trinajstić information content (AvgIpc) is 1.86. The fraction of sp³-hybridized carbons (Fsp3) is 0.200. The normalized spacial score (nSPS) is 11.5. The minimum atomic E-state index is -1.60. The van der Waals surface area contributed by atoms with Crippen molar-refractivity contribution in [2.75, 3.05) is 5.73 Å². The van der Waals surface area contributed by atoms with Crippen molar-refractivity contribution in [3.63, 3.8) is 0 Å². The van der Waals surface area contributed by atoms with E-state index < -0.39 is 3.79 Å². The molecule has 0 amide bonds. The summed E-state index contributed by atoms with van der Waals surface area (Å²) in [4.78, 5) is 7.44. The molecule has 0 bridgehead atoms. The second kappa shape index (κ2) is 3.01. The first-order valence-corrected chi connectivity index (χ1v) is 3.79. The molecule has 0 radical (unpaired) electrons. The molecule has 0 saturated heterocycles. The third kappa shape index (κ3) is 2.36. The lowest BCUT2D eigenvalue weighted by molar-refractivity contribution is 0.976. The minimum Gasteiger partial charge on any atom is -0.384 e. The van der Waals surface area contributed by atoms with Crippen LogP contribution in [0, 0.1) is 0 Å². The third-order valence-corrected chi connectivity index (χ3v) is 1.44. The Morgan fingerprint density at radius 2 is 2.00 bits per heavy atom. The van der Waals surface area contributed by atoms with E-state index in [0.29, 0.717) is 0 Å². The summed E-state index contributed by atoms with van der Waals surface area (Å²) in [6.07, 6.45) is 1.43. The highest BCUT2D eigenvalue weighted by atomic mass is 35.6. The van der Waals surface area contributed by atoms with Crippen LogP contribution in [0.3, 0.4) is 0 Å². The fourth-order valence-corrected chi connectivity index (χ4v) is 0.782. The quantitative estimate of drug-likeness (QED) is 0.668. The Kier molecular flexibility index (Phi) is 2.42. The molecule has 1 aromatic rings.